The quantitative estimate of drug-likeness (QED) is 0.612. The zero-order valence-electron chi connectivity index (χ0n) is 14.5. The monoisotopic (exact) mass is 356 g/mol. The second-order valence-electron chi connectivity index (χ2n) is 5.93. The highest BCUT2D eigenvalue weighted by molar-refractivity contribution is 5.75. The van der Waals surface area contributed by atoms with Crippen LogP contribution in [0.5, 0.6) is 23.0 Å². The van der Waals surface area contributed by atoms with E-state index in [1.807, 2.05) is 6.07 Å². The summed E-state index contributed by atoms with van der Waals surface area (Å²) in [4.78, 5) is 10.6. The Balaban J connectivity index is 2.07. The van der Waals surface area contributed by atoms with Crippen LogP contribution in [0.4, 0.5) is 0 Å². The van der Waals surface area contributed by atoms with Crippen molar-refractivity contribution < 1.29 is 29.2 Å². The molecular formula is C20H20O6. The van der Waals surface area contributed by atoms with Gasteiger partial charge in [-0.3, -0.25) is 4.79 Å². The van der Waals surface area contributed by atoms with Crippen molar-refractivity contribution in [1.82, 2.24) is 0 Å². The maximum Gasteiger partial charge on any atom is 0.165 e. The molecule has 0 bridgehead atoms. The Morgan fingerprint density at radius 3 is 2.62 bits per heavy atom. The molecule has 26 heavy (non-hydrogen) atoms. The van der Waals surface area contributed by atoms with Gasteiger partial charge in [-0.05, 0) is 35.9 Å². The number of hydrogen-bond donors (Lipinski definition) is 2. The van der Waals surface area contributed by atoms with Gasteiger partial charge in [-0.15, -0.1) is 0 Å². The third kappa shape index (κ3) is 3.23. The van der Waals surface area contributed by atoms with Crippen LogP contribution in [0.1, 0.15) is 28.7 Å². The number of rotatable bonds is 6. The lowest BCUT2D eigenvalue weighted by molar-refractivity contribution is -0.104. The van der Waals surface area contributed by atoms with Crippen LogP contribution >= 0.6 is 0 Å². The van der Waals surface area contributed by atoms with E-state index in [0.717, 1.165) is 11.1 Å². The van der Waals surface area contributed by atoms with E-state index in [-0.39, 0.29) is 18.3 Å². The molecule has 1 heterocycles. The maximum absolute atomic E-state index is 10.6. The minimum absolute atomic E-state index is 0.0529. The van der Waals surface area contributed by atoms with Crippen LogP contribution in [0.2, 0.25) is 0 Å². The number of carbonyl (C=O) groups excluding carboxylic acids is 1. The summed E-state index contributed by atoms with van der Waals surface area (Å²) in [6, 6.07) is 8.47. The van der Waals surface area contributed by atoms with E-state index in [4.69, 9.17) is 14.2 Å². The molecule has 2 atom stereocenters. The van der Waals surface area contributed by atoms with Crippen molar-refractivity contribution in [2.24, 2.45) is 0 Å². The van der Waals surface area contributed by atoms with E-state index in [9.17, 15) is 15.0 Å². The molecule has 1 aliphatic heterocycles. The standard InChI is InChI=1S/C20H20O6/c1-24-15-9-13(8-14(23)10-15)19-17(11-22)16-6-12(4-3-5-21)7-18(25-2)20(16)26-19/h3-10,17,19,22-23H,11H2,1-2H3/b4-3+/t17-,19+/m0/s1. The minimum Gasteiger partial charge on any atom is -0.508 e. The predicted molar refractivity (Wildman–Crippen MR) is 95.9 cm³/mol. The SMILES string of the molecule is COc1cc(O)cc([C@H]2Oc3c(OC)cc(/C=C/C=O)cc3[C@@H]2CO)c1. The average Bonchev–Trinajstić information content (AvgIpc) is 3.03. The summed E-state index contributed by atoms with van der Waals surface area (Å²) in [7, 11) is 3.05. The maximum atomic E-state index is 10.6. The van der Waals surface area contributed by atoms with Crippen molar-refractivity contribution in [1.29, 1.82) is 0 Å². The molecule has 0 spiro atoms. The molecule has 0 aromatic heterocycles. The molecule has 0 amide bonds. The summed E-state index contributed by atoms with van der Waals surface area (Å²) in [6.45, 7) is -0.153. The fourth-order valence-corrected chi connectivity index (χ4v) is 3.20. The number of phenolic OH excluding ortho intramolecular Hbond substituents is 1. The Morgan fingerprint density at radius 1 is 1.15 bits per heavy atom. The number of allylic oxidation sites excluding steroid dienone is 1. The second kappa shape index (κ2) is 7.49. The number of aliphatic hydroxyl groups excluding tert-OH is 1. The molecule has 0 unspecified atom stereocenters. The fraction of sp³-hybridized carbons (Fsp3) is 0.250. The summed E-state index contributed by atoms with van der Waals surface area (Å²) in [5, 5.41) is 19.9. The molecule has 0 saturated carbocycles. The van der Waals surface area contributed by atoms with Crippen molar-refractivity contribution >= 4 is 12.4 Å². The number of phenols is 1. The van der Waals surface area contributed by atoms with Gasteiger partial charge in [-0.1, -0.05) is 6.08 Å². The van der Waals surface area contributed by atoms with Gasteiger partial charge in [0, 0.05) is 17.2 Å². The number of carbonyl (C=O) groups is 1. The number of aliphatic hydroxyl groups is 1. The van der Waals surface area contributed by atoms with Gasteiger partial charge < -0.3 is 24.4 Å². The van der Waals surface area contributed by atoms with Crippen molar-refractivity contribution in [3.63, 3.8) is 0 Å². The van der Waals surface area contributed by atoms with E-state index < -0.39 is 6.10 Å². The van der Waals surface area contributed by atoms with Gasteiger partial charge in [0.25, 0.3) is 0 Å². The van der Waals surface area contributed by atoms with E-state index in [1.165, 1.54) is 26.4 Å². The number of benzene rings is 2. The predicted octanol–water partition coefficient (Wildman–Crippen LogP) is 2.83. The Kier molecular flexibility index (Phi) is 5.14. The molecule has 0 radical (unpaired) electrons. The van der Waals surface area contributed by atoms with Crippen LogP contribution in [0.3, 0.4) is 0 Å². The smallest absolute Gasteiger partial charge is 0.165 e. The van der Waals surface area contributed by atoms with Crippen LogP contribution < -0.4 is 14.2 Å². The number of fused-ring (bicyclic) bond motifs is 1. The summed E-state index contributed by atoms with van der Waals surface area (Å²) in [5.41, 5.74) is 2.23. The van der Waals surface area contributed by atoms with E-state index in [0.29, 0.717) is 29.1 Å². The number of aldehydes is 1. The Morgan fingerprint density at radius 2 is 1.96 bits per heavy atom. The van der Waals surface area contributed by atoms with E-state index >= 15 is 0 Å². The summed E-state index contributed by atoms with van der Waals surface area (Å²) in [5.74, 6) is 1.26. The zero-order chi connectivity index (χ0) is 18.7. The highest BCUT2D eigenvalue weighted by atomic mass is 16.5. The lowest BCUT2D eigenvalue weighted by Gasteiger charge is -2.18. The minimum atomic E-state index is -0.504. The summed E-state index contributed by atoms with van der Waals surface area (Å²) < 4.78 is 16.7. The number of aromatic hydroxyl groups is 1. The van der Waals surface area contributed by atoms with Crippen LogP contribution in [0.25, 0.3) is 6.08 Å². The van der Waals surface area contributed by atoms with E-state index in [2.05, 4.69) is 0 Å². The molecule has 0 aliphatic carbocycles. The van der Waals surface area contributed by atoms with Crippen molar-refractivity contribution in [3.05, 3.63) is 53.1 Å². The molecule has 3 rings (SSSR count). The molecule has 1 aliphatic rings. The molecule has 2 N–H and O–H groups in total. The van der Waals surface area contributed by atoms with Crippen molar-refractivity contribution in [3.8, 4) is 23.0 Å². The zero-order valence-corrected chi connectivity index (χ0v) is 14.5. The Bertz CT molecular complexity index is 842. The molecule has 0 fully saturated rings. The van der Waals surface area contributed by atoms with Gasteiger partial charge in [0.1, 0.15) is 23.9 Å². The molecule has 6 nitrogen and oxygen atoms in total. The highest BCUT2D eigenvalue weighted by Crippen LogP contribution is 2.51. The Labute approximate surface area is 151 Å². The van der Waals surface area contributed by atoms with Gasteiger partial charge in [-0.25, -0.2) is 0 Å². The first-order valence-electron chi connectivity index (χ1n) is 8.10. The summed E-state index contributed by atoms with van der Waals surface area (Å²) >= 11 is 0. The average molecular weight is 356 g/mol. The molecule has 6 heteroatoms. The van der Waals surface area contributed by atoms with Crippen LogP contribution in [-0.2, 0) is 4.79 Å². The van der Waals surface area contributed by atoms with Gasteiger partial charge in [0.05, 0.1) is 26.7 Å². The van der Waals surface area contributed by atoms with Crippen LogP contribution in [0, 0.1) is 0 Å². The van der Waals surface area contributed by atoms with Crippen LogP contribution in [-0.4, -0.2) is 37.3 Å². The number of methoxy groups -OCH3 is 2. The lowest BCUT2D eigenvalue weighted by atomic mass is 9.90. The first-order valence-corrected chi connectivity index (χ1v) is 8.10. The first kappa shape index (κ1) is 17.8. The Hall–Kier alpha value is -2.99. The third-order valence-electron chi connectivity index (χ3n) is 4.38. The van der Waals surface area contributed by atoms with Gasteiger partial charge in [-0.2, -0.15) is 0 Å². The number of hydrogen-bond acceptors (Lipinski definition) is 6. The van der Waals surface area contributed by atoms with Gasteiger partial charge in [0.2, 0.25) is 0 Å². The topological polar surface area (TPSA) is 85.2 Å². The van der Waals surface area contributed by atoms with Gasteiger partial charge in [0.15, 0.2) is 11.5 Å². The molecule has 2 aromatic rings. The number of ether oxygens (including phenoxy) is 3. The summed E-state index contributed by atoms with van der Waals surface area (Å²) in [6.07, 6.45) is 3.24. The fourth-order valence-electron chi connectivity index (χ4n) is 3.20. The van der Waals surface area contributed by atoms with E-state index in [1.54, 1.807) is 24.3 Å². The lowest BCUT2D eigenvalue weighted by Crippen LogP contribution is -2.13. The van der Waals surface area contributed by atoms with Crippen molar-refractivity contribution in [2.75, 3.05) is 20.8 Å². The first-order chi connectivity index (χ1) is 12.6. The largest absolute Gasteiger partial charge is 0.508 e. The molecular weight excluding hydrogens is 336 g/mol. The molecule has 0 saturated heterocycles. The van der Waals surface area contributed by atoms with Crippen LogP contribution in [0.15, 0.2) is 36.4 Å². The van der Waals surface area contributed by atoms with Gasteiger partial charge >= 0.3 is 0 Å². The van der Waals surface area contributed by atoms with Crippen molar-refractivity contribution in [2.45, 2.75) is 12.0 Å². The molecule has 136 valence electrons. The third-order valence-corrected chi connectivity index (χ3v) is 4.38. The molecule has 2 aromatic carbocycles. The second-order valence-corrected chi connectivity index (χ2v) is 5.93. The highest BCUT2D eigenvalue weighted by Gasteiger charge is 2.38. The normalized spacial score (nSPS) is 18.4.